The lowest BCUT2D eigenvalue weighted by Gasteiger charge is -2.06. The fourth-order valence-corrected chi connectivity index (χ4v) is 4.86. The highest BCUT2D eigenvalue weighted by atomic mass is 32.2. The zero-order valence-electron chi connectivity index (χ0n) is 18.5. The molecular weight excluding hydrogens is 448 g/mol. The second kappa shape index (κ2) is 10.4. The van der Waals surface area contributed by atoms with Gasteiger partial charge in [0.25, 0.3) is 0 Å². The lowest BCUT2D eigenvalue weighted by Crippen LogP contribution is -2.25. The zero-order chi connectivity index (χ0) is 24.0. The second-order valence-electron chi connectivity index (χ2n) is 7.82. The number of sulfonamides is 1. The summed E-state index contributed by atoms with van der Waals surface area (Å²) in [5, 5.41) is 2.21. The molecule has 5 N–H and O–H groups in total. The molecule has 0 saturated carbocycles. The van der Waals surface area contributed by atoms with Crippen molar-refractivity contribution in [1.29, 1.82) is 0 Å². The smallest absolute Gasteiger partial charge is 0.240 e. The number of rotatable bonds is 7. The summed E-state index contributed by atoms with van der Waals surface area (Å²) in [6.07, 6.45) is 4.71. The molecule has 8 heteroatoms. The largest absolute Gasteiger partial charge is 0.369 e. The number of para-hydroxylation sites is 2. The molecule has 3 aromatic carbocycles. The molecule has 2 heterocycles. The number of nitrogens with one attached hydrogen (secondary N) is 3. The Balaban J connectivity index is 0.000000180. The van der Waals surface area contributed by atoms with Crippen LogP contribution in [0.4, 0.5) is 0 Å². The van der Waals surface area contributed by atoms with Crippen molar-refractivity contribution in [3.63, 3.8) is 0 Å². The van der Waals surface area contributed by atoms with Crippen LogP contribution in [0.25, 0.3) is 21.8 Å². The predicted molar refractivity (Wildman–Crippen MR) is 135 cm³/mol. The van der Waals surface area contributed by atoms with Gasteiger partial charge in [-0.3, -0.25) is 4.79 Å². The molecule has 0 aliphatic rings. The number of carbonyl (C=O) groups excluding carboxylic acids is 1. The molecule has 0 bridgehead atoms. The number of hydrogen-bond acceptors (Lipinski definition) is 3. The number of primary amides is 1. The fourth-order valence-electron chi connectivity index (χ4n) is 3.81. The number of benzene rings is 3. The van der Waals surface area contributed by atoms with Crippen molar-refractivity contribution in [2.75, 3.05) is 6.54 Å². The molecule has 0 fully saturated rings. The van der Waals surface area contributed by atoms with E-state index < -0.39 is 10.0 Å². The molecule has 0 aliphatic carbocycles. The summed E-state index contributed by atoms with van der Waals surface area (Å²) >= 11 is 0. The molecule has 5 aromatic rings. The fraction of sp³-hybridized carbons (Fsp3) is 0.115. The van der Waals surface area contributed by atoms with E-state index in [-0.39, 0.29) is 5.91 Å². The lowest BCUT2D eigenvalue weighted by molar-refractivity contribution is -0.117. The molecule has 7 nitrogen and oxygen atoms in total. The van der Waals surface area contributed by atoms with E-state index in [9.17, 15) is 13.2 Å². The van der Waals surface area contributed by atoms with Crippen molar-refractivity contribution in [3.8, 4) is 0 Å². The van der Waals surface area contributed by atoms with Gasteiger partial charge < -0.3 is 15.7 Å². The number of aromatic amines is 2. The highest BCUT2D eigenvalue weighted by Crippen LogP contribution is 2.18. The van der Waals surface area contributed by atoms with Crippen LogP contribution in [-0.4, -0.2) is 30.8 Å². The number of hydrogen-bond donors (Lipinski definition) is 4. The van der Waals surface area contributed by atoms with Crippen molar-refractivity contribution in [3.05, 3.63) is 102 Å². The number of H-pyrrole nitrogens is 2. The van der Waals surface area contributed by atoms with Crippen molar-refractivity contribution >= 4 is 37.7 Å². The van der Waals surface area contributed by atoms with Crippen LogP contribution in [0.15, 0.2) is 96.2 Å². The highest BCUT2D eigenvalue weighted by molar-refractivity contribution is 7.89. The highest BCUT2D eigenvalue weighted by Gasteiger charge is 2.13. The van der Waals surface area contributed by atoms with Crippen LogP contribution >= 0.6 is 0 Å². The van der Waals surface area contributed by atoms with E-state index in [2.05, 4.69) is 14.7 Å². The summed E-state index contributed by atoms with van der Waals surface area (Å²) in [5.41, 5.74) is 9.30. The van der Waals surface area contributed by atoms with E-state index in [4.69, 9.17) is 5.73 Å². The van der Waals surface area contributed by atoms with Gasteiger partial charge in [0, 0.05) is 40.7 Å². The second-order valence-corrected chi connectivity index (χ2v) is 9.59. The Morgan fingerprint density at radius 1 is 0.765 bits per heavy atom. The van der Waals surface area contributed by atoms with Gasteiger partial charge in [0.1, 0.15) is 0 Å². The van der Waals surface area contributed by atoms with Crippen LogP contribution in [0.2, 0.25) is 0 Å². The quantitative estimate of drug-likeness (QED) is 0.286. The molecule has 0 spiro atoms. The number of aromatic nitrogens is 2. The maximum absolute atomic E-state index is 12.1. The number of amides is 1. The van der Waals surface area contributed by atoms with E-state index in [1.54, 1.807) is 30.3 Å². The van der Waals surface area contributed by atoms with E-state index in [1.807, 2.05) is 60.9 Å². The van der Waals surface area contributed by atoms with Crippen molar-refractivity contribution in [2.45, 2.75) is 17.7 Å². The average molecular weight is 475 g/mol. The van der Waals surface area contributed by atoms with Crippen LogP contribution < -0.4 is 10.5 Å². The minimum Gasteiger partial charge on any atom is -0.369 e. The van der Waals surface area contributed by atoms with E-state index in [0.717, 1.165) is 32.9 Å². The van der Waals surface area contributed by atoms with Gasteiger partial charge in [-0.1, -0.05) is 54.6 Å². The third-order valence-electron chi connectivity index (χ3n) is 5.45. The SMILES string of the molecule is NC(=O)Cc1c[nH]c2ccccc12.O=S(=O)(NCCc1c[nH]c2ccccc12)c1ccccc1. The van der Waals surface area contributed by atoms with Crippen LogP contribution in [0.1, 0.15) is 11.1 Å². The van der Waals surface area contributed by atoms with E-state index in [0.29, 0.717) is 24.3 Å². The molecule has 0 aliphatic heterocycles. The van der Waals surface area contributed by atoms with Gasteiger partial charge in [-0.25, -0.2) is 13.1 Å². The van der Waals surface area contributed by atoms with Gasteiger partial charge in [-0.15, -0.1) is 0 Å². The van der Waals surface area contributed by atoms with Crippen molar-refractivity contribution < 1.29 is 13.2 Å². The summed E-state index contributed by atoms with van der Waals surface area (Å²) in [4.78, 5) is 17.3. The molecule has 0 radical (unpaired) electrons. The first kappa shape index (κ1) is 23.3. The normalized spacial score (nSPS) is 11.3. The molecule has 0 saturated heterocycles. The first-order chi connectivity index (χ1) is 16.4. The monoisotopic (exact) mass is 474 g/mol. The average Bonchev–Trinajstić information content (AvgIpc) is 3.44. The summed E-state index contributed by atoms with van der Waals surface area (Å²) in [5.74, 6) is -0.301. The molecular formula is C26H26N4O3S. The van der Waals surface area contributed by atoms with Crippen molar-refractivity contribution in [1.82, 2.24) is 14.7 Å². The third-order valence-corrected chi connectivity index (χ3v) is 6.93. The van der Waals surface area contributed by atoms with Crippen LogP contribution in [0, 0.1) is 0 Å². The summed E-state index contributed by atoms with van der Waals surface area (Å²) < 4.78 is 26.8. The minimum atomic E-state index is -3.43. The first-order valence-electron chi connectivity index (χ1n) is 10.9. The Hall–Kier alpha value is -3.88. The van der Waals surface area contributed by atoms with Crippen LogP contribution in [-0.2, 0) is 27.7 Å². The van der Waals surface area contributed by atoms with Gasteiger partial charge in [-0.05, 0) is 41.8 Å². The van der Waals surface area contributed by atoms with E-state index >= 15 is 0 Å². The summed E-state index contributed by atoms with van der Waals surface area (Å²) in [6.45, 7) is 0.374. The van der Waals surface area contributed by atoms with Crippen LogP contribution in [0.5, 0.6) is 0 Å². The molecule has 34 heavy (non-hydrogen) atoms. The molecule has 2 aromatic heterocycles. The number of fused-ring (bicyclic) bond motifs is 2. The Morgan fingerprint density at radius 3 is 1.91 bits per heavy atom. The summed E-state index contributed by atoms with van der Waals surface area (Å²) in [7, 11) is -3.43. The van der Waals surface area contributed by atoms with Gasteiger partial charge >= 0.3 is 0 Å². The van der Waals surface area contributed by atoms with E-state index in [1.165, 1.54) is 0 Å². The molecule has 0 atom stereocenters. The maximum Gasteiger partial charge on any atom is 0.240 e. The van der Waals surface area contributed by atoms with Gasteiger partial charge in [-0.2, -0.15) is 0 Å². The third kappa shape index (κ3) is 5.54. The first-order valence-corrected chi connectivity index (χ1v) is 12.4. The Bertz CT molecular complexity index is 1500. The number of carbonyl (C=O) groups is 1. The Morgan fingerprint density at radius 2 is 1.29 bits per heavy atom. The topological polar surface area (TPSA) is 121 Å². The maximum atomic E-state index is 12.1. The van der Waals surface area contributed by atoms with Crippen LogP contribution in [0.3, 0.4) is 0 Å². The number of nitrogens with two attached hydrogens (primary N) is 1. The van der Waals surface area contributed by atoms with Crippen molar-refractivity contribution in [2.24, 2.45) is 5.73 Å². The Kier molecular flexibility index (Phi) is 7.10. The lowest BCUT2D eigenvalue weighted by atomic mass is 10.1. The molecule has 5 rings (SSSR count). The standard InChI is InChI=1S/C16H16N2O2S.C10H10N2O/c19-21(20,14-6-2-1-3-7-14)18-11-10-13-12-17-16-9-5-4-8-15(13)16;11-10(13)5-7-6-12-9-4-2-1-3-8(7)9/h1-9,12,17-18H,10-11H2;1-4,6,12H,5H2,(H2,11,13). The van der Waals surface area contributed by atoms with Gasteiger partial charge in [0.2, 0.25) is 15.9 Å². The van der Waals surface area contributed by atoms with Gasteiger partial charge in [0.05, 0.1) is 11.3 Å². The minimum absolute atomic E-state index is 0.295. The molecule has 1 amide bonds. The Labute approximate surface area is 198 Å². The molecule has 174 valence electrons. The van der Waals surface area contributed by atoms with Gasteiger partial charge in [0.15, 0.2) is 0 Å². The summed E-state index contributed by atoms with van der Waals surface area (Å²) in [6, 6.07) is 24.3. The molecule has 0 unspecified atom stereocenters. The zero-order valence-corrected chi connectivity index (χ0v) is 19.3. The predicted octanol–water partition coefficient (Wildman–Crippen LogP) is 3.88.